The van der Waals surface area contributed by atoms with Crippen molar-refractivity contribution in [2.45, 2.75) is 61.7 Å². The maximum absolute atomic E-state index is 6.55. The number of rotatable bonds is 0. The molecule has 4 heterocycles. The molecule has 4 nitrogen and oxygen atoms in total. The molecule has 0 amide bonds. The van der Waals surface area contributed by atoms with Crippen LogP contribution in [0.5, 0.6) is 0 Å². The third kappa shape index (κ3) is 0.758. The van der Waals surface area contributed by atoms with Gasteiger partial charge in [0, 0.05) is 23.7 Å². The molecule has 0 unspecified atom stereocenters. The lowest BCUT2D eigenvalue weighted by molar-refractivity contribution is -0.0794. The van der Waals surface area contributed by atoms with Gasteiger partial charge in [0.05, 0.1) is 12.2 Å². The van der Waals surface area contributed by atoms with Gasteiger partial charge in [0.15, 0.2) is 12.6 Å². The Morgan fingerprint density at radius 2 is 1.04 bits per heavy atom. The second kappa shape index (κ2) is 2.85. The Labute approximate surface area is 140 Å². The molecule has 24 heavy (non-hydrogen) atoms. The third-order valence-electron chi connectivity index (χ3n) is 11.2. The first kappa shape index (κ1) is 11.5. The van der Waals surface area contributed by atoms with Crippen LogP contribution in [0.4, 0.5) is 0 Å². The van der Waals surface area contributed by atoms with Crippen molar-refractivity contribution in [1.29, 1.82) is 0 Å². The second-order valence-electron chi connectivity index (χ2n) is 10.9. The van der Waals surface area contributed by atoms with Crippen molar-refractivity contribution in [2.24, 2.45) is 59.2 Å². The van der Waals surface area contributed by atoms with E-state index in [1.807, 2.05) is 0 Å². The van der Waals surface area contributed by atoms with E-state index in [1.165, 1.54) is 25.7 Å². The number of hydrogen-bond donors (Lipinski definition) is 0. The molecule has 0 aromatic rings. The summed E-state index contributed by atoms with van der Waals surface area (Å²) in [7, 11) is 0. The van der Waals surface area contributed by atoms with Crippen LogP contribution in [0.25, 0.3) is 0 Å². The van der Waals surface area contributed by atoms with Gasteiger partial charge in [0.25, 0.3) is 0 Å². The normalized spacial score (nSPS) is 87.0. The Morgan fingerprint density at radius 1 is 0.542 bits per heavy atom. The number of fused-ring (bicyclic) bond motifs is 2. The van der Waals surface area contributed by atoms with Crippen molar-refractivity contribution in [1.82, 2.24) is 0 Å². The van der Waals surface area contributed by atoms with E-state index in [2.05, 4.69) is 0 Å². The summed E-state index contributed by atoms with van der Waals surface area (Å²) in [6.07, 6.45) is 6.57. The number of ether oxygens (including phenoxy) is 4. The summed E-state index contributed by atoms with van der Waals surface area (Å²) in [5.41, 5.74) is 0.271. The zero-order chi connectivity index (χ0) is 14.7. The molecule has 10 rings (SSSR count). The largest absolute Gasteiger partial charge is 0.346 e. The standard InChI is InChI=1S/C20H22O4/c1-3-7-9-5(1)13-11-12-14(20(15(9)11)18(21-7)24-20)6-2-4-8-10(6)16(12)19(13)17(22-8)23-19/h5-18H,1-4H2/t5-,6-,7-,8+,9-,10-,11+,12+,13+,14-,15-,16+,17-,18-,19+,20+/m1/s1. The Morgan fingerprint density at radius 3 is 1.54 bits per heavy atom. The highest BCUT2D eigenvalue weighted by molar-refractivity contribution is 5.40. The molecule has 126 valence electrons. The summed E-state index contributed by atoms with van der Waals surface area (Å²) in [4.78, 5) is 0. The van der Waals surface area contributed by atoms with Gasteiger partial charge in [-0.3, -0.25) is 0 Å². The summed E-state index contributed by atoms with van der Waals surface area (Å²) in [6, 6.07) is 0. The molecule has 10 aliphatic rings. The fourth-order valence-corrected chi connectivity index (χ4v) is 11.4. The summed E-state index contributed by atoms with van der Waals surface area (Å²) in [5, 5.41) is 0. The first-order chi connectivity index (χ1) is 11.9. The lowest BCUT2D eigenvalue weighted by Crippen LogP contribution is -2.47. The van der Waals surface area contributed by atoms with Gasteiger partial charge >= 0.3 is 0 Å². The van der Waals surface area contributed by atoms with E-state index in [9.17, 15) is 0 Å². The van der Waals surface area contributed by atoms with E-state index in [1.54, 1.807) is 0 Å². The van der Waals surface area contributed by atoms with Crippen LogP contribution in [0.15, 0.2) is 0 Å². The fraction of sp³-hybridized carbons (Fsp3) is 1.00. The van der Waals surface area contributed by atoms with Crippen LogP contribution in [0.2, 0.25) is 0 Å². The zero-order valence-corrected chi connectivity index (χ0v) is 13.5. The summed E-state index contributed by atoms with van der Waals surface area (Å²) < 4.78 is 26.2. The Bertz CT molecular complexity index is 692. The van der Waals surface area contributed by atoms with E-state index in [-0.39, 0.29) is 23.8 Å². The highest BCUT2D eigenvalue weighted by atomic mass is 16.8. The van der Waals surface area contributed by atoms with E-state index in [0.717, 1.165) is 59.2 Å². The summed E-state index contributed by atoms with van der Waals surface area (Å²) >= 11 is 0. The third-order valence-corrected chi connectivity index (χ3v) is 11.2. The number of hydrogen-bond acceptors (Lipinski definition) is 4. The van der Waals surface area contributed by atoms with Crippen LogP contribution in [0.3, 0.4) is 0 Å². The molecule has 6 saturated carbocycles. The molecule has 16 atom stereocenters. The molecule has 10 fully saturated rings. The van der Waals surface area contributed by atoms with Gasteiger partial charge in [-0.15, -0.1) is 0 Å². The lowest BCUT2D eigenvalue weighted by Gasteiger charge is -2.38. The van der Waals surface area contributed by atoms with Crippen LogP contribution in [-0.4, -0.2) is 36.0 Å². The van der Waals surface area contributed by atoms with E-state index in [4.69, 9.17) is 18.9 Å². The fourth-order valence-electron chi connectivity index (χ4n) is 11.4. The molecule has 2 spiro atoms. The first-order valence-corrected chi connectivity index (χ1v) is 10.5. The van der Waals surface area contributed by atoms with Gasteiger partial charge < -0.3 is 18.9 Å². The van der Waals surface area contributed by atoms with Gasteiger partial charge in [-0.2, -0.15) is 0 Å². The van der Waals surface area contributed by atoms with Gasteiger partial charge in [-0.1, -0.05) is 0 Å². The van der Waals surface area contributed by atoms with Crippen molar-refractivity contribution in [3.63, 3.8) is 0 Å². The van der Waals surface area contributed by atoms with Crippen LogP contribution in [0.1, 0.15) is 25.7 Å². The van der Waals surface area contributed by atoms with Crippen LogP contribution in [0, 0.1) is 59.2 Å². The van der Waals surface area contributed by atoms with Crippen molar-refractivity contribution >= 4 is 0 Å². The van der Waals surface area contributed by atoms with Crippen LogP contribution < -0.4 is 0 Å². The monoisotopic (exact) mass is 326 g/mol. The molecule has 0 radical (unpaired) electrons. The molecule has 4 heteroatoms. The summed E-state index contributed by atoms with van der Waals surface area (Å²) in [6.45, 7) is 0. The topological polar surface area (TPSA) is 43.5 Å². The van der Waals surface area contributed by atoms with Gasteiger partial charge in [0.1, 0.15) is 11.2 Å². The molecule has 0 aromatic heterocycles. The second-order valence-corrected chi connectivity index (χ2v) is 10.9. The SMILES string of the molecule is C1C[C@@H]2O[C@@H]3O[C@@]34[C@@H]3[C@H]5[C@@H]6[C@H]7[C@@H]8[C@@H](CC[C@H]8O[C@@H]8O[C@]87[C@@H]5[C@H]1[C@@H]32)[C@@H]64. The van der Waals surface area contributed by atoms with Crippen molar-refractivity contribution in [3.05, 3.63) is 0 Å². The van der Waals surface area contributed by atoms with Crippen molar-refractivity contribution < 1.29 is 18.9 Å². The molecule has 0 aromatic carbocycles. The van der Waals surface area contributed by atoms with Crippen LogP contribution in [-0.2, 0) is 18.9 Å². The highest BCUT2D eigenvalue weighted by Crippen LogP contribution is 2.89. The molecular formula is C20H22O4. The van der Waals surface area contributed by atoms with E-state index >= 15 is 0 Å². The highest BCUT2D eigenvalue weighted by Gasteiger charge is 2.96. The average molecular weight is 326 g/mol. The van der Waals surface area contributed by atoms with Gasteiger partial charge in [0.2, 0.25) is 0 Å². The van der Waals surface area contributed by atoms with Crippen LogP contribution >= 0.6 is 0 Å². The van der Waals surface area contributed by atoms with E-state index < -0.39 is 0 Å². The number of epoxide rings is 2. The predicted molar refractivity (Wildman–Crippen MR) is 78.3 cm³/mol. The summed E-state index contributed by atoms with van der Waals surface area (Å²) in [5.74, 6) is 8.14. The molecule has 0 bridgehead atoms. The van der Waals surface area contributed by atoms with E-state index in [0.29, 0.717) is 12.2 Å². The minimum atomic E-state index is 0.136. The Kier molecular flexibility index (Phi) is 1.37. The molecule has 6 aliphatic carbocycles. The molecular weight excluding hydrogens is 304 g/mol. The first-order valence-electron chi connectivity index (χ1n) is 10.5. The minimum Gasteiger partial charge on any atom is -0.346 e. The smallest absolute Gasteiger partial charge is 0.188 e. The minimum absolute atomic E-state index is 0.136. The average Bonchev–Trinajstić information content (AvgIpc) is 3.01. The quantitative estimate of drug-likeness (QED) is 0.637. The van der Waals surface area contributed by atoms with Gasteiger partial charge in [-0.25, -0.2) is 0 Å². The maximum Gasteiger partial charge on any atom is 0.188 e. The molecule has 4 saturated heterocycles. The zero-order valence-electron chi connectivity index (χ0n) is 13.5. The van der Waals surface area contributed by atoms with Crippen molar-refractivity contribution in [3.8, 4) is 0 Å². The molecule has 4 aliphatic heterocycles. The Balaban J connectivity index is 1.32. The maximum atomic E-state index is 6.55. The van der Waals surface area contributed by atoms with Gasteiger partial charge in [-0.05, 0) is 61.2 Å². The van der Waals surface area contributed by atoms with Crippen molar-refractivity contribution in [2.75, 3.05) is 0 Å². The lowest BCUT2D eigenvalue weighted by atomic mass is 9.70. The predicted octanol–water partition coefficient (Wildman–Crippen LogP) is 1.78. The molecule has 0 N–H and O–H groups in total. The Hall–Kier alpha value is -0.160.